The Hall–Kier alpha value is -2.40. The number of benzene rings is 1. The van der Waals surface area contributed by atoms with Crippen LogP contribution >= 0.6 is 0 Å². The van der Waals surface area contributed by atoms with Crippen LogP contribution in [0.4, 0.5) is 0 Å². The Morgan fingerprint density at radius 3 is 2.71 bits per heavy atom. The van der Waals surface area contributed by atoms with Crippen LogP contribution in [0.25, 0.3) is 12.2 Å². The third-order valence-electron chi connectivity index (χ3n) is 2.37. The first-order valence-electron chi connectivity index (χ1n) is 5.40. The normalized spacial score (nSPS) is 10.4. The van der Waals surface area contributed by atoms with Gasteiger partial charge in [0, 0.05) is 5.69 Å². The van der Waals surface area contributed by atoms with Crippen LogP contribution in [0.1, 0.15) is 22.5 Å². The second kappa shape index (κ2) is 5.09. The largest absolute Gasteiger partial charge is 0.254 e. The summed E-state index contributed by atoms with van der Waals surface area (Å²) in [5.74, 6) is 0. The third-order valence-corrected chi connectivity index (χ3v) is 2.37. The van der Waals surface area contributed by atoms with Crippen molar-refractivity contribution in [3.63, 3.8) is 0 Å². The van der Waals surface area contributed by atoms with E-state index in [4.69, 9.17) is 5.26 Å². The molecule has 2 rings (SSSR count). The number of aryl methyl sites for hydroxylation is 1. The molecule has 1 heterocycles. The maximum Gasteiger partial charge on any atom is 0.0991 e. The topological polar surface area (TPSA) is 36.7 Å². The summed E-state index contributed by atoms with van der Waals surface area (Å²) in [4.78, 5) is 4.38. The first-order valence-corrected chi connectivity index (χ1v) is 5.40. The molecule has 0 bridgehead atoms. The minimum Gasteiger partial charge on any atom is -0.254 e. The average molecular weight is 220 g/mol. The number of aromatic nitrogens is 1. The third kappa shape index (κ3) is 3.02. The number of nitrogens with zero attached hydrogens (tertiary/aromatic N) is 2. The standard InChI is InChI=1S/C15H12N2/c1-12-4-2-7-15(17-12)9-8-13-5-3-6-14(10-13)11-16/h2-10H,1H3/b9-8+. The summed E-state index contributed by atoms with van der Waals surface area (Å²) >= 11 is 0. The quantitative estimate of drug-likeness (QED) is 0.777. The van der Waals surface area contributed by atoms with Gasteiger partial charge < -0.3 is 0 Å². The zero-order valence-electron chi connectivity index (χ0n) is 9.59. The van der Waals surface area contributed by atoms with Gasteiger partial charge in [0.2, 0.25) is 0 Å². The molecule has 0 aliphatic rings. The van der Waals surface area contributed by atoms with Crippen molar-refractivity contribution < 1.29 is 0 Å². The van der Waals surface area contributed by atoms with Crippen molar-refractivity contribution in [2.24, 2.45) is 0 Å². The molecular formula is C15H12N2. The lowest BCUT2D eigenvalue weighted by Gasteiger charge is -1.96. The fraction of sp³-hybridized carbons (Fsp3) is 0.0667. The van der Waals surface area contributed by atoms with E-state index in [0.29, 0.717) is 5.56 Å². The zero-order chi connectivity index (χ0) is 12.1. The van der Waals surface area contributed by atoms with Crippen molar-refractivity contribution in [3.05, 3.63) is 65.0 Å². The van der Waals surface area contributed by atoms with Gasteiger partial charge in [-0.25, -0.2) is 0 Å². The first kappa shape index (κ1) is 11.1. The number of pyridine rings is 1. The highest BCUT2D eigenvalue weighted by Gasteiger charge is 1.92. The molecular weight excluding hydrogens is 208 g/mol. The van der Waals surface area contributed by atoms with E-state index in [1.54, 1.807) is 6.07 Å². The molecule has 0 amide bonds. The number of hydrogen-bond acceptors (Lipinski definition) is 2. The van der Waals surface area contributed by atoms with Gasteiger partial charge in [-0.05, 0) is 42.8 Å². The van der Waals surface area contributed by atoms with Crippen molar-refractivity contribution in [1.82, 2.24) is 4.98 Å². The maximum atomic E-state index is 8.80. The van der Waals surface area contributed by atoms with Crippen LogP contribution in [0.2, 0.25) is 0 Å². The Morgan fingerprint density at radius 1 is 1.12 bits per heavy atom. The van der Waals surface area contributed by atoms with E-state index in [-0.39, 0.29) is 0 Å². The highest BCUT2D eigenvalue weighted by Crippen LogP contribution is 2.09. The molecule has 0 aliphatic heterocycles. The summed E-state index contributed by atoms with van der Waals surface area (Å²) in [6.07, 6.45) is 3.91. The van der Waals surface area contributed by atoms with Crippen molar-refractivity contribution >= 4 is 12.2 Å². The van der Waals surface area contributed by atoms with E-state index in [2.05, 4.69) is 11.1 Å². The van der Waals surface area contributed by atoms with Crippen molar-refractivity contribution in [3.8, 4) is 6.07 Å². The summed E-state index contributed by atoms with van der Waals surface area (Å²) in [5, 5.41) is 8.80. The lowest BCUT2D eigenvalue weighted by molar-refractivity contribution is 1.18. The van der Waals surface area contributed by atoms with E-state index in [9.17, 15) is 0 Å². The summed E-state index contributed by atoms with van der Waals surface area (Å²) in [5.41, 5.74) is 3.60. The molecule has 0 aliphatic carbocycles. The summed E-state index contributed by atoms with van der Waals surface area (Å²) in [6, 6.07) is 15.5. The van der Waals surface area contributed by atoms with Gasteiger partial charge in [-0.2, -0.15) is 5.26 Å². The van der Waals surface area contributed by atoms with E-state index < -0.39 is 0 Å². The average Bonchev–Trinajstić information content (AvgIpc) is 2.37. The molecule has 1 aromatic heterocycles. The second-order valence-electron chi connectivity index (χ2n) is 3.77. The molecule has 0 atom stereocenters. The van der Waals surface area contributed by atoms with Crippen LogP contribution in [0, 0.1) is 18.3 Å². The summed E-state index contributed by atoms with van der Waals surface area (Å²) in [6.45, 7) is 1.97. The highest BCUT2D eigenvalue weighted by molar-refractivity contribution is 5.68. The smallest absolute Gasteiger partial charge is 0.0991 e. The SMILES string of the molecule is Cc1cccc(/C=C/c2cccc(C#N)c2)n1. The first-order chi connectivity index (χ1) is 8.28. The summed E-state index contributed by atoms with van der Waals surface area (Å²) < 4.78 is 0. The molecule has 0 saturated heterocycles. The molecule has 0 unspecified atom stereocenters. The molecule has 2 aromatic rings. The van der Waals surface area contributed by atoms with Crippen LogP contribution in [-0.2, 0) is 0 Å². The molecule has 0 fully saturated rings. The molecule has 82 valence electrons. The molecule has 17 heavy (non-hydrogen) atoms. The lowest BCUT2D eigenvalue weighted by Crippen LogP contribution is -1.83. The number of rotatable bonds is 2. The molecule has 0 radical (unpaired) electrons. The van der Waals surface area contributed by atoms with Gasteiger partial charge in [0.05, 0.1) is 17.3 Å². The Labute approximate surface area is 101 Å². The molecule has 0 spiro atoms. The minimum absolute atomic E-state index is 0.671. The Kier molecular flexibility index (Phi) is 3.32. The Bertz CT molecular complexity index is 592. The zero-order valence-corrected chi connectivity index (χ0v) is 9.59. The van der Waals surface area contributed by atoms with Crippen molar-refractivity contribution in [1.29, 1.82) is 5.26 Å². The maximum absolute atomic E-state index is 8.80. The van der Waals surface area contributed by atoms with Gasteiger partial charge in [-0.1, -0.05) is 24.3 Å². The van der Waals surface area contributed by atoms with E-state index in [0.717, 1.165) is 17.0 Å². The Balaban J connectivity index is 2.23. The molecule has 1 aromatic carbocycles. The minimum atomic E-state index is 0.671. The predicted octanol–water partition coefficient (Wildman–Crippen LogP) is 3.43. The second-order valence-corrected chi connectivity index (χ2v) is 3.77. The van der Waals surface area contributed by atoms with Gasteiger partial charge in [-0.15, -0.1) is 0 Å². The molecule has 2 nitrogen and oxygen atoms in total. The van der Waals surface area contributed by atoms with E-state index >= 15 is 0 Å². The molecule has 2 heteroatoms. The highest BCUT2D eigenvalue weighted by atomic mass is 14.7. The van der Waals surface area contributed by atoms with Crippen LogP contribution in [0.15, 0.2) is 42.5 Å². The van der Waals surface area contributed by atoms with Crippen LogP contribution in [0.3, 0.4) is 0 Å². The van der Waals surface area contributed by atoms with Gasteiger partial charge in [-0.3, -0.25) is 4.98 Å². The van der Waals surface area contributed by atoms with Crippen LogP contribution in [-0.4, -0.2) is 4.98 Å². The molecule has 0 saturated carbocycles. The molecule has 0 N–H and O–H groups in total. The van der Waals surface area contributed by atoms with Gasteiger partial charge in [0.1, 0.15) is 0 Å². The van der Waals surface area contributed by atoms with Gasteiger partial charge in [0.15, 0.2) is 0 Å². The monoisotopic (exact) mass is 220 g/mol. The predicted molar refractivity (Wildman–Crippen MR) is 69.1 cm³/mol. The van der Waals surface area contributed by atoms with E-state index in [1.165, 1.54) is 0 Å². The van der Waals surface area contributed by atoms with Crippen molar-refractivity contribution in [2.45, 2.75) is 6.92 Å². The fourth-order valence-electron chi connectivity index (χ4n) is 1.55. The Morgan fingerprint density at radius 2 is 1.94 bits per heavy atom. The summed E-state index contributed by atoms with van der Waals surface area (Å²) in [7, 11) is 0. The lowest BCUT2D eigenvalue weighted by atomic mass is 10.1. The van der Waals surface area contributed by atoms with E-state index in [1.807, 2.05) is 55.5 Å². The van der Waals surface area contributed by atoms with Gasteiger partial charge in [0.25, 0.3) is 0 Å². The fourth-order valence-corrected chi connectivity index (χ4v) is 1.55. The van der Waals surface area contributed by atoms with Crippen LogP contribution in [0.5, 0.6) is 0 Å². The van der Waals surface area contributed by atoms with Crippen molar-refractivity contribution in [2.75, 3.05) is 0 Å². The number of nitriles is 1. The van der Waals surface area contributed by atoms with Crippen LogP contribution < -0.4 is 0 Å². The van der Waals surface area contributed by atoms with Gasteiger partial charge >= 0.3 is 0 Å². The number of hydrogen-bond donors (Lipinski definition) is 0.